The fraction of sp³-hybridized carbons (Fsp3) is 0.889. The fourth-order valence-corrected chi connectivity index (χ4v) is 2.50. The molecule has 0 saturated heterocycles. The molecule has 0 aliphatic rings. The Morgan fingerprint density at radius 2 is 1.57 bits per heavy atom. The van der Waals surface area contributed by atoms with Crippen molar-refractivity contribution in [3.05, 3.63) is 0 Å². The minimum atomic E-state index is -1.16. The van der Waals surface area contributed by atoms with Crippen molar-refractivity contribution in [2.45, 2.75) is 60.8 Å². The van der Waals surface area contributed by atoms with Crippen molar-refractivity contribution < 1.29 is 19.1 Å². The summed E-state index contributed by atoms with van der Waals surface area (Å²) < 4.78 is 10.6. The maximum Gasteiger partial charge on any atom is 0.323 e. The number of hydrogen-bond donors (Lipinski definition) is 0. The van der Waals surface area contributed by atoms with Crippen LogP contribution < -0.4 is 0 Å². The summed E-state index contributed by atoms with van der Waals surface area (Å²) >= 11 is 0. The molecule has 136 valence electrons. The van der Waals surface area contributed by atoms with Gasteiger partial charge >= 0.3 is 11.9 Å². The van der Waals surface area contributed by atoms with E-state index in [-0.39, 0.29) is 6.61 Å². The number of nitrogens with zero attached hydrogens (tertiary/aromatic N) is 1. The molecule has 0 aromatic carbocycles. The van der Waals surface area contributed by atoms with E-state index in [1.807, 2.05) is 6.92 Å². The lowest BCUT2D eigenvalue weighted by Gasteiger charge is -2.29. The van der Waals surface area contributed by atoms with Gasteiger partial charge in [0.15, 0.2) is 5.41 Å². The van der Waals surface area contributed by atoms with Gasteiger partial charge in [-0.1, -0.05) is 34.6 Å². The first-order valence-corrected chi connectivity index (χ1v) is 8.94. The van der Waals surface area contributed by atoms with Crippen molar-refractivity contribution >= 4 is 11.9 Å². The first-order chi connectivity index (χ1) is 10.9. The van der Waals surface area contributed by atoms with Crippen LogP contribution in [0.15, 0.2) is 0 Å². The molecule has 0 N–H and O–H groups in total. The molecule has 0 saturated carbocycles. The van der Waals surface area contributed by atoms with Gasteiger partial charge in [0.1, 0.15) is 6.61 Å². The van der Waals surface area contributed by atoms with E-state index < -0.39 is 17.4 Å². The van der Waals surface area contributed by atoms with Gasteiger partial charge in [-0.05, 0) is 45.2 Å². The summed E-state index contributed by atoms with van der Waals surface area (Å²) in [5.41, 5.74) is -1.16. The van der Waals surface area contributed by atoms with Crippen molar-refractivity contribution in [3.8, 4) is 0 Å². The summed E-state index contributed by atoms with van der Waals surface area (Å²) in [7, 11) is 0. The molecule has 0 amide bonds. The van der Waals surface area contributed by atoms with Gasteiger partial charge in [-0.3, -0.25) is 9.59 Å². The van der Waals surface area contributed by atoms with E-state index in [4.69, 9.17) is 9.47 Å². The number of likely N-dealkylation sites (N-methyl/N-ethyl adjacent to an activating group) is 1. The maximum atomic E-state index is 12.6. The Morgan fingerprint density at radius 3 is 2.00 bits per heavy atom. The molecule has 0 bridgehead atoms. The Morgan fingerprint density at radius 1 is 1.00 bits per heavy atom. The van der Waals surface area contributed by atoms with Crippen molar-refractivity contribution in [2.75, 3.05) is 32.8 Å². The van der Waals surface area contributed by atoms with E-state index in [2.05, 4.69) is 32.6 Å². The second-order valence-corrected chi connectivity index (χ2v) is 6.25. The Bertz CT molecular complexity index is 353. The van der Waals surface area contributed by atoms with Crippen LogP contribution in [0.2, 0.25) is 0 Å². The molecule has 0 rings (SSSR count). The number of hydrogen-bond acceptors (Lipinski definition) is 5. The second-order valence-electron chi connectivity index (χ2n) is 6.25. The van der Waals surface area contributed by atoms with Crippen LogP contribution in [0.5, 0.6) is 0 Å². The zero-order valence-electron chi connectivity index (χ0n) is 15.8. The van der Waals surface area contributed by atoms with E-state index in [9.17, 15) is 9.59 Å². The average molecular weight is 329 g/mol. The highest BCUT2D eigenvalue weighted by Gasteiger charge is 2.47. The van der Waals surface area contributed by atoms with E-state index in [0.717, 1.165) is 19.5 Å². The van der Waals surface area contributed by atoms with Crippen LogP contribution in [0, 0.1) is 11.3 Å². The summed E-state index contributed by atoms with van der Waals surface area (Å²) in [6, 6.07) is 0. The fourth-order valence-electron chi connectivity index (χ4n) is 2.50. The highest BCUT2D eigenvalue weighted by atomic mass is 16.6. The van der Waals surface area contributed by atoms with Crippen molar-refractivity contribution in [2.24, 2.45) is 11.3 Å². The van der Waals surface area contributed by atoms with Gasteiger partial charge in [0.05, 0.1) is 6.61 Å². The first kappa shape index (κ1) is 21.9. The lowest BCUT2D eigenvalue weighted by Crippen LogP contribution is -2.42. The third kappa shape index (κ3) is 6.90. The average Bonchev–Trinajstić information content (AvgIpc) is 2.52. The molecule has 0 aliphatic carbocycles. The lowest BCUT2D eigenvalue weighted by molar-refractivity contribution is -0.173. The second kappa shape index (κ2) is 11.4. The van der Waals surface area contributed by atoms with Gasteiger partial charge in [-0.15, -0.1) is 0 Å². The first-order valence-electron chi connectivity index (χ1n) is 8.94. The highest BCUT2D eigenvalue weighted by molar-refractivity contribution is 6.00. The number of ether oxygens (including phenoxy) is 2. The molecule has 0 aliphatic heterocycles. The Labute approximate surface area is 141 Å². The smallest absolute Gasteiger partial charge is 0.323 e. The molecule has 1 unspecified atom stereocenters. The van der Waals surface area contributed by atoms with E-state index in [1.54, 1.807) is 6.92 Å². The third-order valence-corrected chi connectivity index (χ3v) is 4.34. The molecule has 0 spiro atoms. The molecule has 5 nitrogen and oxygen atoms in total. The number of rotatable bonds is 12. The Kier molecular flexibility index (Phi) is 10.9. The standard InChI is InChI=1S/C18H35NO4/c1-7-18(12-11-15(5)6,16(20)22-10-4)17(21)23-14-13-19(8-2)9-3/h15H,7-14H2,1-6H3. The minimum absolute atomic E-state index is 0.273. The van der Waals surface area contributed by atoms with Crippen LogP contribution in [0.3, 0.4) is 0 Å². The zero-order valence-corrected chi connectivity index (χ0v) is 15.8. The number of carbonyl (C=O) groups is 2. The highest BCUT2D eigenvalue weighted by Crippen LogP contribution is 2.33. The zero-order chi connectivity index (χ0) is 17.9. The summed E-state index contributed by atoms with van der Waals surface area (Å²) in [6.07, 6.45) is 1.67. The summed E-state index contributed by atoms with van der Waals surface area (Å²) in [6.45, 7) is 15.0. The summed E-state index contributed by atoms with van der Waals surface area (Å²) in [5, 5.41) is 0. The molecule has 0 aromatic rings. The molecule has 0 aromatic heterocycles. The monoisotopic (exact) mass is 329 g/mol. The lowest BCUT2D eigenvalue weighted by atomic mass is 9.79. The van der Waals surface area contributed by atoms with Crippen LogP contribution in [0.4, 0.5) is 0 Å². The molecule has 0 radical (unpaired) electrons. The van der Waals surface area contributed by atoms with E-state index in [1.165, 1.54) is 0 Å². The molecule has 5 heteroatoms. The van der Waals surface area contributed by atoms with Crippen LogP contribution in [0.25, 0.3) is 0 Å². The van der Waals surface area contributed by atoms with E-state index in [0.29, 0.717) is 31.9 Å². The molecule has 23 heavy (non-hydrogen) atoms. The molecular formula is C18H35NO4. The van der Waals surface area contributed by atoms with Crippen molar-refractivity contribution in [1.82, 2.24) is 4.90 Å². The molecular weight excluding hydrogens is 294 g/mol. The molecule has 0 fully saturated rings. The Hall–Kier alpha value is -1.10. The molecule has 1 atom stereocenters. The predicted octanol–water partition coefficient (Wildman–Crippen LogP) is 3.27. The SMILES string of the molecule is CCOC(=O)C(CC)(CCC(C)C)C(=O)OCCN(CC)CC. The van der Waals surface area contributed by atoms with Crippen molar-refractivity contribution in [1.29, 1.82) is 0 Å². The van der Waals surface area contributed by atoms with Gasteiger partial charge in [-0.25, -0.2) is 0 Å². The number of esters is 2. The van der Waals surface area contributed by atoms with Crippen molar-refractivity contribution in [3.63, 3.8) is 0 Å². The maximum absolute atomic E-state index is 12.6. The normalized spacial score (nSPS) is 13.9. The predicted molar refractivity (Wildman–Crippen MR) is 92.2 cm³/mol. The van der Waals surface area contributed by atoms with Crippen LogP contribution in [0.1, 0.15) is 60.8 Å². The van der Waals surface area contributed by atoms with Gasteiger partial charge in [0.2, 0.25) is 0 Å². The van der Waals surface area contributed by atoms with Gasteiger partial charge < -0.3 is 14.4 Å². The van der Waals surface area contributed by atoms with Gasteiger partial charge in [0, 0.05) is 6.54 Å². The largest absolute Gasteiger partial charge is 0.465 e. The summed E-state index contributed by atoms with van der Waals surface area (Å²) in [5.74, 6) is -0.471. The summed E-state index contributed by atoms with van der Waals surface area (Å²) in [4.78, 5) is 27.2. The third-order valence-electron chi connectivity index (χ3n) is 4.34. The molecule has 0 heterocycles. The van der Waals surface area contributed by atoms with Crippen LogP contribution >= 0.6 is 0 Å². The topological polar surface area (TPSA) is 55.8 Å². The van der Waals surface area contributed by atoms with Crippen LogP contribution in [-0.4, -0.2) is 49.7 Å². The van der Waals surface area contributed by atoms with Crippen LogP contribution in [-0.2, 0) is 19.1 Å². The quantitative estimate of drug-likeness (QED) is 0.406. The Balaban J connectivity index is 4.94. The number of carbonyl (C=O) groups excluding carboxylic acids is 2. The van der Waals surface area contributed by atoms with E-state index >= 15 is 0 Å². The minimum Gasteiger partial charge on any atom is -0.465 e. The van der Waals surface area contributed by atoms with Gasteiger partial charge in [0.25, 0.3) is 0 Å². The van der Waals surface area contributed by atoms with Gasteiger partial charge in [-0.2, -0.15) is 0 Å².